The van der Waals surface area contributed by atoms with Gasteiger partial charge in [-0.25, -0.2) is 8.70 Å². The number of carbonyl (C=O) groups is 2. The van der Waals surface area contributed by atoms with Crippen LogP contribution in [0, 0.1) is 5.82 Å². The van der Waals surface area contributed by atoms with Crippen molar-refractivity contribution in [3.05, 3.63) is 95.8 Å². The Balaban J connectivity index is 2.12. The molecule has 226 valence electrons. The van der Waals surface area contributed by atoms with E-state index in [4.69, 9.17) is 4.74 Å². The number of anilines is 1. The van der Waals surface area contributed by atoms with Crippen LogP contribution >= 0.6 is 0 Å². The maximum atomic E-state index is 14.9. The van der Waals surface area contributed by atoms with E-state index in [1.165, 1.54) is 44.3 Å². The van der Waals surface area contributed by atoms with Crippen molar-refractivity contribution in [3.63, 3.8) is 0 Å². The van der Waals surface area contributed by atoms with Gasteiger partial charge in [-0.1, -0.05) is 61.5 Å². The molecule has 9 nitrogen and oxygen atoms in total. The van der Waals surface area contributed by atoms with Crippen molar-refractivity contribution in [1.82, 2.24) is 14.5 Å². The zero-order valence-corrected chi connectivity index (χ0v) is 25.5. The number of amides is 2. The Labute approximate surface area is 248 Å². The van der Waals surface area contributed by atoms with Gasteiger partial charge in [0.2, 0.25) is 11.8 Å². The minimum Gasteiger partial charge on any atom is -0.497 e. The van der Waals surface area contributed by atoms with E-state index in [9.17, 15) is 22.4 Å². The summed E-state index contributed by atoms with van der Waals surface area (Å²) in [5.41, 5.74) is 1.21. The fourth-order valence-electron chi connectivity index (χ4n) is 4.32. The van der Waals surface area contributed by atoms with Gasteiger partial charge in [-0.2, -0.15) is 12.7 Å². The first-order valence-corrected chi connectivity index (χ1v) is 15.1. The first-order valence-electron chi connectivity index (χ1n) is 13.7. The quantitative estimate of drug-likeness (QED) is 0.303. The molecule has 0 aliphatic carbocycles. The van der Waals surface area contributed by atoms with Gasteiger partial charge in [-0.05, 0) is 48.7 Å². The van der Waals surface area contributed by atoms with Gasteiger partial charge < -0.3 is 15.0 Å². The number of benzene rings is 3. The number of halogens is 1. The molecule has 0 aliphatic heterocycles. The van der Waals surface area contributed by atoms with Crippen LogP contribution in [0.4, 0.5) is 10.1 Å². The molecule has 0 fully saturated rings. The predicted octanol–water partition coefficient (Wildman–Crippen LogP) is 4.00. The molecular weight excluding hydrogens is 559 g/mol. The molecule has 2 amide bonds. The molecule has 0 saturated carbocycles. The standard InChI is InChI=1S/C31H39FN4O5S/c1-6-23(2)33-31(38)29(20-24-13-8-7-9-14-24)35(21-25-15-12-16-26(19-25)41-5)30(37)22-36(42(39,40)34(3)4)28-18-11-10-17-27(28)32/h7-19,23,29H,6,20-22H2,1-5H3,(H,33,38)/t23-,29+/m1/s1. The summed E-state index contributed by atoms with van der Waals surface area (Å²) in [6.45, 7) is 3.06. The molecule has 0 aliphatic rings. The second-order valence-corrected chi connectivity index (χ2v) is 12.2. The average Bonchev–Trinajstić information content (AvgIpc) is 2.98. The molecule has 3 aromatic rings. The summed E-state index contributed by atoms with van der Waals surface area (Å²) in [7, 11) is -0.160. The summed E-state index contributed by atoms with van der Waals surface area (Å²) in [6.07, 6.45) is 0.856. The summed E-state index contributed by atoms with van der Waals surface area (Å²) >= 11 is 0. The number of para-hydroxylation sites is 1. The highest BCUT2D eigenvalue weighted by Gasteiger charge is 2.35. The van der Waals surface area contributed by atoms with Gasteiger partial charge in [0.25, 0.3) is 0 Å². The van der Waals surface area contributed by atoms with Gasteiger partial charge in [-0.3, -0.25) is 9.59 Å². The monoisotopic (exact) mass is 598 g/mol. The minimum absolute atomic E-state index is 0.0193. The Morgan fingerprint density at radius 3 is 2.21 bits per heavy atom. The molecule has 0 radical (unpaired) electrons. The number of hydrogen-bond acceptors (Lipinski definition) is 5. The second-order valence-electron chi connectivity index (χ2n) is 10.1. The molecular formula is C31H39FN4O5S. The van der Waals surface area contributed by atoms with Gasteiger partial charge in [0.15, 0.2) is 0 Å². The third-order valence-corrected chi connectivity index (χ3v) is 8.70. The molecule has 3 aromatic carbocycles. The Kier molecular flexibility index (Phi) is 11.5. The lowest BCUT2D eigenvalue weighted by atomic mass is 10.0. The third kappa shape index (κ3) is 8.29. The first-order chi connectivity index (χ1) is 20.0. The molecule has 0 heterocycles. The highest BCUT2D eigenvalue weighted by atomic mass is 32.2. The van der Waals surface area contributed by atoms with Gasteiger partial charge in [0.1, 0.15) is 24.2 Å². The lowest BCUT2D eigenvalue weighted by Crippen LogP contribution is -2.55. The SMILES string of the molecule is CC[C@@H](C)NC(=O)[C@H](Cc1ccccc1)N(Cc1cccc(OC)c1)C(=O)CN(c1ccccc1F)S(=O)(=O)N(C)C. The Morgan fingerprint density at radius 2 is 1.60 bits per heavy atom. The first kappa shape index (κ1) is 32.6. The van der Waals surface area contributed by atoms with Crippen LogP contribution in [0.15, 0.2) is 78.9 Å². The van der Waals surface area contributed by atoms with Crippen molar-refractivity contribution in [2.45, 2.75) is 45.3 Å². The molecule has 0 bridgehead atoms. The van der Waals surface area contributed by atoms with Crippen LogP contribution in [0.1, 0.15) is 31.4 Å². The van der Waals surface area contributed by atoms with E-state index in [-0.39, 0.29) is 30.6 Å². The molecule has 42 heavy (non-hydrogen) atoms. The molecule has 1 N–H and O–H groups in total. The molecule has 0 unspecified atom stereocenters. The van der Waals surface area contributed by atoms with Crippen molar-refractivity contribution in [2.75, 3.05) is 32.1 Å². The fraction of sp³-hybridized carbons (Fsp3) is 0.355. The molecule has 2 atom stereocenters. The van der Waals surface area contributed by atoms with Crippen LogP contribution in [0.2, 0.25) is 0 Å². The molecule has 0 aromatic heterocycles. The summed E-state index contributed by atoms with van der Waals surface area (Å²) in [5, 5.41) is 2.98. The third-order valence-electron chi connectivity index (χ3n) is 6.90. The Hall–Kier alpha value is -3.96. The summed E-state index contributed by atoms with van der Waals surface area (Å²) < 4.78 is 48.7. The van der Waals surface area contributed by atoms with Crippen molar-refractivity contribution < 1.29 is 27.1 Å². The van der Waals surface area contributed by atoms with E-state index < -0.39 is 34.5 Å². The molecule has 0 spiro atoms. The summed E-state index contributed by atoms with van der Waals surface area (Å²) in [4.78, 5) is 29.3. The van der Waals surface area contributed by atoms with Crippen LogP contribution in [0.5, 0.6) is 5.75 Å². The molecule has 0 saturated heterocycles. The average molecular weight is 599 g/mol. The van der Waals surface area contributed by atoms with Crippen LogP contribution in [0.25, 0.3) is 0 Å². The smallest absolute Gasteiger partial charge is 0.304 e. The fourth-order valence-corrected chi connectivity index (χ4v) is 5.38. The summed E-state index contributed by atoms with van der Waals surface area (Å²) in [6, 6.07) is 20.5. The largest absolute Gasteiger partial charge is 0.497 e. The maximum Gasteiger partial charge on any atom is 0.304 e. The second kappa shape index (κ2) is 14.8. The number of rotatable bonds is 14. The van der Waals surface area contributed by atoms with Crippen LogP contribution in [-0.4, -0.2) is 69.3 Å². The lowest BCUT2D eigenvalue weighted by molar-refractivity contribution is -0.140. The van der Waals surface area contributed by atoms with Crippen LogP contribution < -0.4 is 14.4 Å². The Morgan fingerprint density at radius 1 is 0.952 bits per heavy atom. The van der Waals surface area contributed by atoms with Crippen molar-refractivity contribution >= 4 is 27.7 Å². The topological polar surface area (TPSA) is 99.3 Å². The summed E-state index contributed by atoms with van der Waals surface area (Å²) in [5.74, 6) is -1.29. The van der Waals surface area contributed by atoms with Gasteiger partial charge in [0.05, 0.1) is 12.8 Å². The van der Waals surface area contributed by atoms with Crippen LogP contribution in [-0.2, 0) is 32.8 Å². The van der Waals surface area contributed by atoms with E-state index >= 15 is 0 Å². The minimum atomic E-state index is -4.30. The number of methoxy groups -OCH3 is 1. The maximum absolute atomic E-state index is 14.9. The van der Waals surface area contributed by atoms with E-state index in [2.05, 4.69) is 5.32 Å². The van der Waals surface area contributed by atoms with Crippen molar-refractivity contribution in [2.24, 2.45) is 0 Å². The predicted molar refractivity (Wildman–Crippen MR) is 162 cm³/mol. The normalized spacial score (nSPS) is 12.8. The van der Waals surface area contributed by atoms with Crippen LogP contribution in [0.3, 0.4) is 0 Å². The van der Waals surface area contributed by atoms with Gasteiger partial charge in [0, 0.05) is 33.1 Å². The number of hydrogen-bond donors (Lipinski definition) is 1. The highest BCUT2D eigenvalue weighted by molar-refractivity contribution is 7.90. The number of ether oxygens (including phenoxy) is 1. The van der Waals surface area contributed by atoms with E-state index in [1.54, 1.807) is 24.3 Å². The van der Waals surface area contributed by atoms with Gasteiger partial charge >= 0.3 is 10.2 Å². The molecule has 11 heteroatoms. The number of carbonyl (C=O) groups excluding carboxylic acids is 2. The van der Waals surface area contributed by atoms with Crippen molar-refractivity contribution in [1.29, 1.82) is 0 Å². The molecule has 3 rings (SSSR count). The zero-order valence-electron chi connectivity index (χ0n) is 24.7. The zero-order chi connectivity index (χ0) is 30.9. The Bertz CT molecular complexity index is 1450. The number of nitrogens with one attached hydrogen (secondary N) is 1. The highest BCUT2D eigenvalue weighted by Crippen LogP contribution is 2.25. The lowest BCUT2D eigenvalue weighted by Gasteiger charge is -2.35. The van der Waals surface area contributed by atoms with Crippen molar-refractivity contribution in [3.8, 4) is 5.75 Å². The number of nitrogens with zero attached hydrogens (tertiary/aromatic N) is 3. The van der Waals surface area contributed by atoms with E-state index in [0.717, 1.165) is 20.2 Å². The van der Waals surface area contributed by atoms with Gasteiger partial charge in [-0.15, -0.1) is 0 Å². The van der Waals surface area contributed by atoms with E-state index in [0.29, 0.717) is 17.7 Å². The van der Waals surface area contributed by atoms with E-state index in [1.807, 2.05) is 44.2 Å².